The van der Waals surface area contributed by atoms with E-state index >= 15 is 0 Å². The summed E-state index contributed by atoms with van der Waals surface area (Å²) in [7, 11) is 0. The average molecular weight is 279 g/mol. The summed E-state index contributed by atoms with van der Waals surface area (Å²) in [6.45, 7) is 12.5. The summed E-state index contributed by atoms with van der Waals surface area (Å²) < 4.78 is 0. The third-order valence-electron chi connectivity index (χ3n) is 5.90. The molecule has 2 saturated heterocycles. The number of nitrogens with zero attached hydrogens (tertiary/aromatic N) is 2. The zero-order valence-corrected chi connectivity index (χ0v) is 13.5. The molecule has 0 aromatic heterocycles. The average Bonchev–Trinajstić information content (AvgIpc) is 3.24. The molecule has 0 amide bonds. The maximum atomic E-state index is 3.86. The Bertz CT molecular complexity index is 295. The first-order valence-electron chi connectivity index (χ1n) is 8.96. The molecule has 3 nitrogen and oxygen atoms in total. The molecule has 3 fully saturated rings. The van der Waals surface area contributed by atoms with Crippen molar-refractivity contribution in [3.05, 3.63) is 0 Å². The van der Waals surface area contributed by atoms with Crippen molar-refractivity contribution in [1.29, 1.82) is 0 Å². The van der Waals surface area contributed by atoms with Crippen molar-refractivity contribution in [2.24, 2.45) is 11.8 Å². The first-order chi connectivity index (χ1) is 9.76. The fraction of sp³-hybridized carbons (Fsp3) is 1.00. The summed E-state index contributed by atoms with van der Waals surface area (Å²) in [5.41, 5.74) is 0. The smallest absolute Gasteiger partial charge is 0.00965 e. The minimum Gasteiger partial charge on any atom is -0.314 e. The first kappa shape index (κ1) is 14.8. The Kier molecular flexibility index (Phi) is 5.00. The lowest BCUT2D eigenvalue weighted by Gasteiger charge is -2.35. The third kappa shape index (κ3) is 3.75. The first-order valence-corrected chi connectivity index (χ1v) is 8.96. The summed E-state index contributed by atoms with van der Waals surface area (Å²) >= 11 is 0. The second kappa shape index (κ2) is 6.76. The predicted octanol–water partition coefficient (Wildman–Crippen LogP) is 2.18. The summed E-state index contributed by atoms with van der Waals surface area (Å²) in [5, 5.41) is 3.86. The van der Waals surface area contributed by atoms with Gasteiger partial charge in [0.2, 0.25) is 0 Å². The van der Waals surface area contributed by atoms with Gasteiger partial charge >= 0.3 is 0 Å². The normalized spacial score (nSPS) is 31.8. The lowest BCUT2D eigenvalue weighted by atomic mass is 9.90. The summed E-state index contributed by atoms with van der Waals surface area (Å²) in [6, 6.07) is 1.68. The van der Waals surface area contributed by atoms with E-state index in [4.69, 9.17) is 0 Å². The van der Waals surface area contributed by atoms with Gasteiger partial charge in [-0.15, -0.1) is 0 Å². The Morgan fingerprint density at radius 2 is 1.80 bits per heavy atom. The van der Waals surface area contributed by atoms with E-state index in [0.717, 1.165) is 17.9 Å². The minimum absolute atomic E-state index is 0.712. The molecule has 2 aliphatic heterocycles. The lowest BCUT2D eigenvalue weighted by molar-refractivity contribution is 0.167. The van der Waals surface area contributed by atoms with E-state index < -0.39 is 0 Å². The molecule has 0 bridgehead atoms. The summed E-state index contributed by atoms with van der Waals surface area (Å²) in [4.78, 5) is 5.32. The van der Waals surface area contributed by atoms with Crippen LogP contribution in [0.25, 0.3) is 0 Å². The highest BCUT2D eigenvalue weighted by Gasteiger charge is 2.34. The molecule has 3 rings (SSSR count). The highest BCUT2D eigenvalue weighted by molar-refractivity contribution is 4.90. The standard InChI is InChI=1S/C17H33N3/c1-3-19-9-7-16(8-10-19)14(2)18-12-15-6-11-20(13-15)17-4-5-17/h14-18H,3-13H2,1-2H3. The second-order valence-electron chi connectivity index (χ2n) is 7.35. The molecule has 20 heavy (non-hydrogen) atoms. The molecule has 0 aromatic rings. The van der Waals surface area contributed by atoms with Crippen LogP contribution in [-0.4, -0.2) is 61.2 Å². The summed E-state index contributed by atoms with van der Waals surface area (Å²) in [6.07, 6.45) is 7.13. The van der Waals surface area contributed by atoms with Gasteiger partial charge in [0.25, 0.3) is 0 Å². The predicted molar refractivity (Wildman–Crippen MR) is 85.0 cm³/mol. The van der Waals surface area contributed by atoms with Gasteiger partial charge in [-0.3, -0.25) is 0 Å². The molecule has 2 unspecified atom stereocenters. The van der Waals surface area contributed by atoms with Crippen LogP contribution < -0.4 is 5.32 Å². The van der Waals surface area contributed by atoms with E-state index in [1.807, 2.05) is 0 Å². The molecule has 1 saturated carbocycles. The molecule has 1 aliphatic carbocycles. The molecule has 0 radical (unpaired) electrons. The van der Waals surface area contributed by atoms with E-state index in [1.54, 1.807) is 0 Å². The number of hydrogen-bond acceptors (Lipinski definition) is 3. The Morgan fingerprint density at radius 1 is 1.05 bits per heavy atom. The Morgan fingerprint density at radius 3 is 2.45 bits per heavy atom. The van der Waals surface area contributed by atoms with E-state index in [0.29, 0.717) is 6.04 Å². The van der Waals surface area contributed by atoms with Crippen LogP contribution in [0.2, 0.25) is 0 Å². The second-order valence-corrected chi connectivity index (χ2v) is 7.35. The minimum atomic E-state index is 0.712. The van der Waals surface area contributed by atoms with Crippen LogP contribution in [0.4, 0.5) is 0 Å². The molecular formula is C17H33N3. The monoisotopic (exact) mass is 279 g/mol. The van der Waals surface area contributed by atoms with Crippen LogP contribution in [-0.2, 0) is 0 Å². The maximum Gasteiger partial charge on any atom is 0.00965 e. The van der Waals surface area contributed by atoms with Crippen molar-refractivity contribution < 1.29 is 0 Å². The van der Waals surface area contributed by atoms with Crippen LogP contribution in [0.1, 0.15) is 46.0 Å². The molecule has 2 heterocycles. The van der Waals surface area contributed by atoms with E-state index in [9.17, 15) is 0 Å². The van der Waals surface area contributed by atoms with Gasteiger partial charge in [0.15, 0.2) is 0 Å². The Balaban J connectivity index is 1.34. The lowest BCUT2D eigenvalue weighted by Crippen LogP contribution is -2.43. The van der Waals surface area contributed by atoms with Gasteiger partial charge in [-0.2, -0.15) is 0 Å². The molecule has 0 spiro atoms. The van der Waals surface area contributed by atoms with E-state index in [-0.39, 0.29) is 0 Å². The Hall–Kier alpha value is -0.120. The van der Waals surface area contributed by atoms with Crippen molar-refractivity contribution in [2.45, 2.75) is 58.0 Å². The van der Waals surface area contributed by atoms with Gasteiger partial charge in [0.1, 0.15) is 0 Å². The van der Waals surface area contributed by atoms with Crippen molar-refractivity contribution in [3.8, 4) is 0 Å². The number of rotatable bonds is 6. The summed E-state index contributed by atoms with van der Waals surface area (Å²) in [5.74, 6) is 1.81. The van der Waals surface area contributed by atoms with Crippen molar-refractivity contribution in [2.75, 3.05) is 39.3 Å². The fourth-order valence-corrected chi connectivity index (χ4v) is 4.09. The van der Waals surface area contributed by atoms with Crippen LogP contribution in [0.15, 0.2) is 0 Å². The molecule has 1 N–H and O–H groups in total. The van der Waals surface area contributed by atoms with Gasteiger partial charge in [0.05, 0.1) is 0 Å². The number of nitrogens with one attached hydrogen (secondary N) is 1. The zero-order chi connectivity index (χ0) is 13.9. The van der Waals surface area contributed by atoms with E-state index in [1.165, 1.54) is 71.4 Å². The van der Waals surface area contributed by atoms with Gasteiger partial charge in [-0.05, 0) is 83.6 Å². The van der Waals surface area contributed by atoms with Crippen LogP contribution >= 0.6 is 0 Å². The van der Waals surface area contributed by atoms with Crippen LogP contribution in [0.3, 0.4) is 0 Å². The number of likely N-dealkylation sites (tertiary alicyclic amines) is 2. The Labute approximate surface area is 125 Å². The molecular weight excluding hydrogens is 246 g/mol. The molecule has 0 aromatic carbocycles. The molecule has 2 atom stereocenters. The van der Waals surface area contributed by atoms with Gasteiger partial charge in [0, 0.05) is 18.6 Å². The molecule has 116 valence electrons. The zero-order valence-electron chi connectivity index (χ0n) is 13.5. The van der Waals surface area contributed by atoms with Crippen molar-refractivity contribution in [1.82, 2.24) is 15.1 Å². The van der Waals surface area contributed by atoms with E-state index in [2.05, 4.69) is 29.0 Å². The molecule has 3 aliphatic rings. The fourth-order valence-electron chi connectivity index (χ4n) is 4.09. The highest BCUT2D eigenvalue weighted by Crippen LogP contribution is 2.31. The van der Waals surface area contributed by atoms with Crippen LogP contribution in [0, 0.1) is 11.8 Å². The third-order valence-corrected chi connectivity index (χ3v) is 5.90. The maximum absolute atomic E-state index is 3.86. The van der Waals surface area contributed by atoms with Gasteiger partial charge < -0.3 is 15.1 Å². The van der Waals surface area contributed by atoms with Crippen molar-refractivity contribution >= 4 is 0 Å². The SMILES string of the molecule is CCN1CCC(C(C)NCC2CCN(C3CC3)C2)CC1. The van der Waals surface area contributed by atoms with Crippen LogP contribution in [0.5, 0.6) is 0 Å². The largest absolute Gasteiger partial charge is 0.314 e. The molecule has 3 heteroatoms. The van der Waals surface area contributed by atoms with Crippen molar-refractivity contribution in [3.63, 3.8) is 0 Å². The van der Waals surface area contributed by atoms with Gasteiger partial charge in [-0.1, -0.05) is 6.92 Å². The highest BCUT2D eigenvalue weighted by atomic mass is 15.2. The quantitative estimate of drug-likeness (QED) is 0.804. The topological polar surface area (TPSA) is 18.5 Å². The number of piperidine rings is 1. The van der Waals surface area contributed by atoms with Gasteiger partial charge in [-0.25, -0.2) is 0 Å². The number of hydrogen-bond donors (Lipinski definition) is 1.